The van der Waals surface area contributed by atoms with Gasteiger partial charge in [-0.2, -0.15) is 5.11 Å². The lowest BCUT2D eigenvalue weighted by Gasteiger charge is -2.16. The van der Waals surface area contributed by atoms with Crippen LogP contribution in [0.4, 0.5) is 0 Å². The van der Waals surface area contributed by atoms with Gasteiger partial charge in [-0.1, -0.05) is 48.5 Å². The number of carbonyl (C=O) groups is 3. The summed E-state index contributed by atoms with van der Waals surface area (Å²) in [6.45, 7) is 0. The minimum absolute atomic E-state index is 0.0641. The van der Waals surface area contributed by atoms with Crippen molar-refractivity contribution in [1.29, 1.82) is 0 Å². The van der Waals surface area contributed by atoms with Gasteiger partial charge in [0.05, 0.1) is 6.20 Å². The van der Waals surface area contributed by atoms with Crippen molar-refractivity contribution >= 4 is 17.5 Å². The van der Waals surface area contributed by atoms with Crippen LogP contribution < -0.4 is 0 Å². The van der Waals surface area contributed by atoms with Gasteiger partial charge >= 0.3 is 0 Å². The number of rotatable bonds is 0. The number of benzene rings is 2. The van der Waals surface area contributed by atoms with Gasteiger partial charge < -0.3 is 0 Å². The van der Waals surface area contributed by atoms with Crippen LogP contribution in [0.25, 0.3) is 0 Å². The molecule has 5 heteroatoms. The Morgan fingerprint density at radius 2 is 1.05 bits per heavy atom. The maximum Gasteiger partial charge on any atom is 0.289 e. The molecule has 1 aliphatic carbocycles. The summed E-state index contributed by atoms with van der Waals surface area (Å²) in [6, 6.07) is 13.9. The van der Waals surface area contributed by atoms with Crippen molar-refractivity contribution in [3.63, 3.8) is 0 Å². The van der Waals surface area contributed by atoms with Gasteiger partial charge in [0.2, 0.25) is 0 Å². The van der Waals surface area contributed by atoms with Gasteiger partial charge in [0.1, 0.15) is 0 Å². The predicted octanol–water partition coefficient (Wildman–Crippen LogP) is 2.95. The molecule has 5 nitrogen and oxygen atoms in total. The Labute approximate surface area is 126 Å². The molecule has 22 heavy (non-hydrogen) atoms. The highest BCUT2D eigenvalue weighted by Gasteiger charge is 2.28. The van der Waals surface area contributed by atoms with Crippen molar-refractivity contribution < 1.29 is 14.4 Å². The normalized spacial score (nSPS) is 14.3. The maximum atomic E-state index is 12.1. The molecule has 0 spiro atoms. The Bertz CT molecular complexity index is 731. The van der Waals surface area contributed by atoms with E-state index < -0.39 is 0 Å². The molecule has 0 unspecified atom stereocenters. The quantitative estimate of drug-likeness (QED) is 0.638. The van der Waals surface area contributed by atoms with Crippen LogP contribution in [0.2, 0.25) is 0 Å². The molecule has 2 aromatic rings. The summed E-state index contributed by atoms with van der Waals surface area (Å²) in [7, 11) is 0. The average Bonchev–Trinajstić information content (AvgIpc) is 3.04. The molecule has 0 aromatic heterocycles. The number of ketones is 2. The topological polar surface area (TPSA) is 75.9 Å². The molecule has 0 atom stereocenters. The number of hydrogen-bond acceptors (Lipinski definition) is 4. The van der Waals surface area contributed by atoms with Crippen molar-refractivity contribution in [3.05, 3.63) is 83.1 Å². The zero-order chi connectivity index (χ0) is 15.5. The second-order valence-corrected chi connectivity index (χ2v) is 4.62. The monoisotopic (exact) mass is 290 g/mol. The number of nitrogens with zero attached hydrogens (tertiary/aromatic N) is 2. The van der Waals surface area contributed by atoms with E-state index in [0.29, 0.717) is 22.3 Å². The molecule has 2 aromatic carbocycles. The van der Waals surface area contributed by atoms with Gasteiger partial charge in [0.15, 0.2) is 11.6 Å². The van der Waals surface area contributed by atoms with Gasteiger partial charge in [0.25, 0.3) is 5.91 Å². The average molecular weight is 290 g/mol. The molecule has 1 aliphatic heterocycles. The smallest absolute Gasteiger partial charge is 0.289 e. The molecule has 0 fully saturated rings. The summed E-state index contributed by atoms with van der Waals surface area (Å²) >= 11 is 0. The van der Waals surface area contributed by atoms with Crippen LogP contribution in [0.15, 0.2) is 71.0 Å². The summed E-state index contributed by atoms with van der Waals surface area (Å²) in [6.07, 6.45) is 2.67. The zero-order valence-electron chi connectivity index (χ0n) is 11.4. The molecule has 0 bridgehead atoms. The second-order valence-electron chi connectivity index (χ2n) is 4.62. The van der Waals surface area contributed by atoms with E-state index in [-0.39, 0.29) is 17.5 Å². The zero-order valence-corrected chi connectivity index (χ0v) is 11.4. The number of fused-ring (bicyclic) bond motifs is 2. The van der Waals surface area contributed by atoms with Crippen molar-refractivity contribution in [2.24, 2.45) is 10.2 Å². The summed E-state index contributed by atoms with van der Waals surface area (Å²) in [5.74, 6) is -0.397. The highest BCUT2D eigenvalue weighted by Crippen LogP contribution is 2.26. The first-order valence-corrected chi connectivity index (χ1v) is 6.57. The fourth-order valence-electron chi connectivity index (χ4n) is 2.27. The third kappa shape index (κ3) is 2.40. The molecule has 1 heterocycles. The molecule has 0 N–H and O–H groups in total. The van der Waals surface area contributed by atoms with Crippen molar-refractivity contribution in [1.82, 2.24) is 0 Å². The number of hydrogen-bond donors (Lipinski definition) is 0. The maximum absolute atomic E-state index is 12.1. The third-order valence-corrected chi connectivity index (χ3v) is 3.27. The first kappa shape index (κ1) is 13.8. The van der Waals surface area contributed by atoms with Crippen LogP contribution in [-0.4, -0.2) is 17.5 Å². The molecule has 1 amide bonds. The molecule has 4 rings (SSSR count). The van der Waals surface area contributed by atoms with Gasteiger partial charge in [-0.3, -0.25) is 14.4 Å². The van der Waals surface area contributed by atoms with E-state index in [1.165, 1.54) is 12.3 Å². The molecule has 0 saturated carbocycles. The summed E-state index contributed by atoms with van der Waals surface area (Å²) in [4.78, 5) is 34.1. The molecular formula is C17H10N2O3. The fraction of sp³-hybridized carbons (Fsp3) is 0. The van der Waals surface area contributed by atoms with Gasteiger partial charge in [-0.25, -0.2) is 0 Å². The van der Waals surface area contributed by atoms with Crippen molar-refractivity contribution in [2.75, 3.05) is 0 Å². The van der Waals surface area contributed by atoms with E-state index >= 15 is 0 Å². The lowest BCUT2D eigenvalue weighted by Crippen LogP contribution is -2.20. The Morgan fingerprint density at radius 3 is 1.27 bits per heavy atom. The molecule has 0 saturated heterocycles. The van der Waals surface area contributed by atoms with E-state index in [2.05, 4.69) is 10.2 Å². The fourth-order valence-corrected chi connectivity index (χ4v) is 2.27. The minimum atomic E-state index is -0.269. The summed E-state index contributed by atoms with van der Waals surface area (Å²) in [5.41, 5.74) is 2.02. The summed E-state index contributed by atoms with van der Waals surface area (Å²) in [5, 5.41) is 6.37. The first-order valence-electron chi connectivity index (χ1n) is 6.57. The van der Waals surface area contributed by atoms with Crippen LogP contribution >= 0.6 is 0 Å². The van der Waals surface area contributed by atoms with Crippen LogP contribution in [0.1, 0.15) is 31.8 Å². The minimum Gasteiger partial charge on any atom is -0.289 e. The van der Waals surface area contributed by atoms with Crippen LogP contribution in [0, 0.1) is 0 Å². The van der Waals surface area contributed by atoms with E-state index in [1.54, 1.807) is 48.5 Å². The SMILES string of the molecule is O=C1C=CN=N1.O=C1c2ccccc2C(=O)c2ccccc21. The predicted molar refractivity (Wildman–Crippen MR) is 78.8 cm³/mol. The van der Waals surface area contributed by atoms with Crippen LogP contribution in [0.5, 0.6) is 0 Å². The van der Waals surface area contributed by atoms with Gasteiger partial charge in [-0.15, -0.1) is 5.11 Å². The van der Waals surface area contributed by atoms with Crippen LogP contribution in [-0.2, 0) is 4.79 Å². The van der Waals surface area contributed by atoms with Crippen LogP contribution in [0.3, 0.4) is 0 Å². The van der Waals surface area contributed by atoms with Gasteiger partial charge in [0, 0.05) is 28.3 Å². The largest absolute Gasteiger partial charge is 0.289 e. The highest BCUT2D eigenvalue weighted by atomic mass is 16.2. The third-order valence-electron chi connectivity index (χ3n) is 3.27. The van der Waals surface area contributed by atoms with E-state index in [9.17, 15) is 14.4 Å². The highest BCUT2D eigenvalue weighted by molar-refractivity contribution is 6.28. The standard InChI is InChI=1S/C14H8O2.C3H2N2O/c15-13-9-5-1-2-6-10(9)14(16)12-8-4-3-7-11(12)13;6-3-1-2-4-5-3/h1-8H;1-2H. The molecule has 106 valence electrons. The molecular weight excluding hydrogens is 280 g/mol. The number of carbonyl (C=O) groups excluding carboxylic acids is 3. The Hall–Kier alpha value is -3.21. The van der Waals surface area contributed by atoms with E-state index in [1.807, 2.05) is 0 Å². The first-order chi connectivity index (χ1) is 10.7. The van der Waals surface area contributed by atoms with Gasteiger partial charge in [-0.05, 0) is 0 Å². The second kappa shape index (κ2) is 5.65. The van der Waals surface area contributed by atoms with Crippen molar-refractivity contribution in [2.45, 2.75) is 0 Å². The van der Waals surface area contributed by atoms with E-state index in [0.717, 1.165) is 0 Å². The molecule has 2 aliphatic rings. The number of amides is 1. The lowest BCUT2D eigenvalue weighted by atomic mass is 9.84. The Balaban J connectivity index is 0.000000202. The van der Waals surface area contributed by atoms with Crippen molar-refractivity contribution in [3.8, 4) is 0 Å². The summed E-state index contributed by atoms with van der Waals surface area (Å²) < 4.78 is 0. The number of azo groups is 1. The Kier molecular flexibility index (Phi) is 3.53. The lowest BCUT2D eigenvalue weighted by molar-refractivity contribution is -0.113. The molecule has 0 radical (unpaired) electrons. The Morgan fingerprint density at radius 1 is 0.636 bits per heavy atom. The van der Waals surface area contributed by atoms with E-state index in [4.69, 9.17) is 0 Å².